The van der Waals surface area contributed by atoms with Crippen LogP contribution in [0.3, 0.4) is 0 Å². The summed E-state index contributed by atoms with van der Waals surface area (Å²) in [5.41, 5.74) is 1.21. The van der Waals surface area contributed by atoms with Crippen molar-refractivity contribution >= 4 is 5.97 Å². The molecule has 0 aromatic carbocycles. The molecule has 1 saturated heterocycles. The molecule has 0 radical (unpaired) electrons. The average Bonchev–Trinajstić information content (AvgIpc) is 2.86. The van der Waals surface area contributed by atoms with E-state index in [2.05, 4.69) is 28.3 Å². The standard InChI is InChI=1S/C14H23N3O2/c1-11(2)17-10-15-7-13(17)9-16-6-4-5-12(8-16)14(18)19-3/h7,10-12H,4-6,8-9H2,1-3H3/t12-/m0/s1. The monoisotopic (exact) mass is 265 g/mol. The van der Waals surface area contributed by atoms with Crippen molar-refractivity contribution in [2.45, 2.75) is 39.3 Å². The largest absolute Gasteiger partial charge is 0.469 e. The lowest BCUT2D eigenvalue weighted by Gasteiger charge is -2.31. The molecule has 0 N–H and O–H groups in total. The Labute approximate surface area is 114 Å². The molecule has 2 rings (SSSR count). The van der Waals surface area contributed by atoms with Crippen molar-refractivity contribution < 1.29 is 9.53 Å². The van der Waals surface area contributed by atoms with E-state index >= 15 is 0 Å². The molecule has 2 heterocycles. The van der Waals surface area contributed by atoms with E-state index in [0.29, 0.717) is 6.04 Å². The van der Waals surface area contributed by atoms with Gasteiger partial charge in [0.1, 0.15) is 0 Å². The minimum Gasteiger partial charge on any atom is -0.469 e. The van der Waals surface area contributed by atoms with Gasteiger partial charge in [-0.15, -0.1) is 0 Å². The zero-order chi connectivity index (χ0) is 13.8. The first-order chi connectivity index (χ1) is 9.11. The number of piperidine rings is 1. The van der Waals surface area contributed by atoms with Crippen LogP contribution < -0.4 is 0 Å². The minimum atomic E-state index is -0.0814. The molecular weight excluding hydrogens is 242 g/mol. The molecule has 1 aliphatic rings. The quantitative estimate of drug-likeness (QED) is 0.780. The Morgan fingerprint density at radius 1 is 1.58 bits per heavy atom. The number of carbonyl (C=O) groups is 1. The molecule has 1 aromatic heterocycles. The molecular formula is C14H23N3O2. The zero-order valence-electron chi connectivity index (χ0n) is 12.0. The summed E-state index contributed by atoms with van der Waals surface area (Å²) >= 11 is 0. The summed E-state index contributed by atoms with van der Waals surface area (Å²) in [5.74, 6) is -0.0590. The molecule has 5 nitrogen and oxygen atoms in total. The van der Waals surface area contributed by atoms with Crippen LogP contribution >= 0.6 is 0 Å². The van der Waals surface area contributed by atoms with E-state index in [9.17, 15) is 4.79 Å². The van der Waals surface area contributed by atoms with Gasteiger partial charge in [-0.05, 0) is 33.2 Å². The Kier molecular flexibility index (Phi) is 4.58. The normalized spacial score (nSPS) is 20.7. The van der Waals surface area contributed by atoms with Crippen LogP contribution in [0.15, 0.2) is 12.5 Å². The molecule has 1 fully saturated rings. The number of aromatic nitrogens is 2. The van der Waals surface area contributed by atoms with Crippen LogP contribution in [0.2, 0.25) is 0 Å². The van der Waals surface area contributed by atoms with Gasteiger partial charge in [-0.3, -0.25) is 9.69 Å². The number of nitrogens with zero attached hydrogens (tertiary/aromatic N) is 3. The fourth-order valence-electron chi connectivity index (χ4n) is 2.71. The topological polar surface area (TPSA) is 47.4 Å². The number of hydrogen-bond donors (Lipinski definition) is 0. The maximum atomic E-state index is 11.6. The number of esters is 1. The lowest BCUT2D eigenvalue weighted by molar-refractivity contribution is -0.147. The highest BCUT2D eigenvalue weighted by Crippen LogP contribution is 2.20. The second-order valence-corrected chi connectivity index (χ2v) is 5.48. The molecule has 1 aliphatic heterocycles. The summed E-state index contributed by atoms with van der Waals surface area (Å²) in [6, 6.07) is 0.415. The van der Waals surface area contributed by atoms with Crippen molar-refractivity contribution in [3.63, 3.8) is 0 Å². The molecule has 106 valence electrons. The first-order valence-corrected chi connectivity index (χ1v) is 6.92. The number of hydrogen-bond acceptors (Lipinski definition) is 4. The van der Waals surface area contributed by atoms with Crippen molar-refractivity contribution in [2.24, 2.45) is 5.92 Å². The van der Waals surface area contributed by atoms with Crippen LogP contribution in [0, 0.1) is 5.92 Å². The Hall–Kier alpha value is -1.36. The maximum absolute atomic E-state index is 11.6. The lowest BCUT2D eigenvalue weighted by Crippen LogP contribution is -2.39. The van der Waals surface area contributed by atoms with E-state index in [1.165, 1.54) is 12.8 Å². The van der Waals surface area contributed by atoms with Gasteiger partial charge < -0.3 is 9.30 Å². The highest BCUT2D eigenvalue weighted by molar-refractivity contribution is 5.72. The third-order valence-corrected chi connectivity index (χ3v) is 3.73. The summed E-state index contributed by atoms with van der Waals surface area (Å²) in [6.07, 6.45) is 5.78. The second-order valence-electron chi connectivity index (χ2n) is 5.48. The first-order valence-electron chi connectivity index (χ1n) is 6.92. The van der Waals surface area contributed by atoms with Gasteiger partial charge in [-0.25, -0.2) is 4.98 Å². The number of methoxy groups -OCH3 is 1. The molecule has 0 aliphatic carbocycles. The smallest absolute Gasteiger partial charge is 0.309 e. The molecule has 1 atom stereocenters. The predicted molar refractivity (Wildman–Crippen MR) is 72.6 cm³/mol. The Bertz CT molecular complexity index is 428. The molecule has 0 spiro atoms. The first kappa shape index (κ1) is 14.1. The van der Waals surface area contributed by atoms with Gasteiger partial charge in [0, 0.05) is 25.3 Å². The van der Waals surface area contributed by atoms with Crippen molar-refractivity contribution in [1.82, 2.24) is 14.5 Å². The number of rotatable bonds is 4. The van der Waals surface area contributed by atoms with Gasteiger partial charge in [0.2, 0.25) is 0 Å². The fraction of sp³-hybridized carbons (Fsp3) is 0.714. The van der Waals surface area contributed by atoms with Gasteiger partial charge in [0.05, 0.1) is 25.0 Å². The van der Waals surface area contributed by atoms with Crippen LogP contribution in [0.1, 0.15) is 38.4 Å². The van der Waals surface area contributed by atoms with E-state index in [4.69, 9.17) is 4.74 Å². The molecule has 1 aromatic rings. The van der Waals surface area contributed by atoms with E-state index in [1.807, 2.05) is 12.5 Å². The van der Waals surface area contributed by atoms with Crippen LogP contribution in [0.5, 0.6) is 0 Å². The van der Waals surface area contributed by atoms with Gasteiger partial charge in [0.25, 0.3) is 0 Å². The van der Waals surface area contributed by atoms with Crippen LogP contribution in [-0.4, -0.2) is 40.6 Å². The van der Waals surface area contributed by atoms with E-state index < -0.39 is 0 Å². The lowest BCUT2D eigenvalue weighted by atomic mass is 9.98. The number of ether oxygens (including phenoxy) is 1. The van der Waals surface area contributed by atoms with E-state index in [-0.39, 0.29) is 11.9 Å². The zero-order valence-corrected chi connectivity index (χ0v) is 12.0. The summed E-state index contributed by atoms with van der Waals surface area (Å²) in [4.78, 5) is 18.2. The number of likely N-dealkylation sites (tertiary alicyclic amines) is 1. The SMILES string of the molecule is COC(=O)[C@H]1CCCN(Cc2cncn2C(C)C)C1. The van der Waals surface area contributed by atoms with Crippen molar-refractivity contribution in [3.8, 4) is 0 Å². The maximum Gasteiger partial charge on any atom is 0.309 e. The molecule has 0 amide bonds. The third-order valence-electron chi connectivity index (χ3n) is 3.73. The highest BCUT2D eigenvalue weighted by atomic mass is 16.5. The van der Waals surface area contributed by atoms with Crippen LogP contribution in [0.25, 0.3) is 0 Å². The Morgan fingerprint density at radius 3 is 3.05 bits per heavy atom. The van der Waals surface area contributed by atoms with Crippen molar-refractivity contribution in [3.05, 3.63) is 18.2 Å². The van der Waals surface area contributed by atoms with Gasteiger partial charge in [0.15, 0.2) is 0 Å². The Balaban J connectivity index is 1.99. The Morgan fingerprint density at radius 2 is 2.37 bits per heavy atom. The third kappa shape index (κ3) is 3.35. The van der Waals surface area contributed by atoms with E-state index in [1.54, 1.807) is 0 Å². The van der Waals surface area contributed by atoms with Crippen molar-refractivity contribution in [1.29, 1.82) is 0 Å². The summed E-state index contributed by atoms with van der Waals surface area (Å²) < 4.78 is 7.03. The fourth-order valence-corrected chi connectivity index (χ4v) is 2.71. The summed E-state index contributed by atoms with van der Waals surface area (Å²) in [7, 11) is 1.47. The summed E-state index contributed by atoms with van der Waals surface area (Å²) in [6.45, 7) is 6.98. The van der Waals surface area contributed by atoms with E-state index in [0.717, 1.165) is 32.5 Å². The summed E-state index contributed by atoms with van der Waals surface area (Å²) in [5, 5.41) is 0. The van der Waals surface area contributed by atoms with Crippen LogP contribution in [-0.2, 0) is 16.1 Å². The minimum absolute atomic E-state index is 0.0224. The van der Waals surface area contributed by atoms with Crippen LogP contribution in [0.4, 0.5) is 0 Å². The van der Waals surface area contributed by atoms with Gasteiger partial charge >= 0.3 is 5.97 Å². The molecule has 0 bridgehead atoms. The van der Waals surface area contributed by atoms with Crippen molar-refractivity contribution in [2.75, 3.05) is 20.2 Å². The second kappa shape index (κ2) is 6.19. The van der Waals surface area contributed by atoms with Gasteiger partial charge in [-0.2, -0.15) is 0 Å². The molecule has 5 heteroatoms. The molecule has 0 saturated carbocycles. The highest BCUT2D eigenvalue weighted by Gasteiger charge is 2.26. The average molecular weight is 265 g/mol. The number of imidazole rings is 1. The van der Waals surface area contributed by atoms with Gasteiger partial charge in [-0.1, -0.05) is 0 Å². The molecule has 0 unspecified atom stereocenters. The molecule has 19 heavy (non-hydrogen) atoms. The number of carbonyl (C=O) groups excluding carboxylic acids is 1. The predicted octanol–water partition coefficient (Wildman–Crippen LogP) is 1.85.